The summed E-state index contributed by atoms with van der Waals surface area (Å²) in [6, 6.07) is 0. The van der Waals surface area contributed by atoms with Gasteiger partial charge < -0.3 is 5.32 Å². The van der Waals surface area contributed by atoms with Crippen molar-refractivity contribution >= 4 is 17.5 Å². The third-order valence-corrected chi connectivity index (χ3v) is 2.58. The van der Waals surface area contributed by atoms with Crippen LogP contribution in [0.4, 0.5) is 0 Å². The van der Waals surface area contributed by atoms with Crippen molar-refractivity contribution in [3.8, 4) is 0 Å². The molecule has 1 N–H and O–H groups in total. The van der Waals surface area contributed by atoms with E-state index in [-0.39, 0.29) is 11.3 Å². The molecule has 0 spiro atoms. The van der Waals surface area contributed by atoms with Crippen LogP contribution < -0.4 is 5.32 Å². The van der Waals surface area contributed by atoms with E-state index in [1.807, 2.05) is 6.92 Å². The fraction of sp³-hybridized carbons (Fsp3) is 0.917. The highest BCUT2D eigenvalue weighted by atomic mass is 35.5. The van der Waals surface area contributed by atoms with Crippen LogP contribution in [0.3, 0.4) is 0 Å². The van der Waals surface area contributed by atoms with Crippen LogP contribution in [-0.2, 0) is 4.79 Å². The molecule has 0 rings (SSSR count). The van der Waals surface area contributed by atoms with Gasteiger partial charge in [0.1, 0.15) is 0 Å². The van der Waals surface area contributed by atoms with Gasteiger partial charge in [-0.3, -0.25) is 4.79 Å². The van der Waals surface area contributed by atoms with E-state index in [9.17, 15) is 4.79 Å². The molecule has 0 aromatic heterocycles. The van der Waals surface area contributed by atoms with E-state index in [1.54, 1.807) is 0 Å². The smallest absolute Gasteiger partial charge is 0.219 e. The zero-order valence-corrected chi connectivity index (χ0v) is 10.8. The van der Waals surface area contributed by atoms with Crippen LogP contribution in [0, 0.1) is 0 Å². The van der Waals surface area contributed by atoms with E-state index >= 15 is 0 Å². The van der Waals surface area contributed by atoms with Gasteiger partial charge in [-0.1, -0.05) is 26.2 Å². The second-order valence-corrected chi connectivity index (χ2v) is 4.83. The van der Waals surface area contributed by atoms with Crippen LogP contribution in [-0.4, -0.2) is 17.8 Å². The standard InChI is InChI=1S/C12H24ClNO/c1-3-4-5-6-9-12(15)14-10-7-8-11(2)13/h11H,3-10H2,1-2H3,(H,14,15). The van der Waals surface area contributed by atoms with Crippen molar-refractivity contribution in [1.29, 1.82) is 0 Å². The number of halogens is 1. The molecular weight excluding hydrogens is 210 g/mol. The monoisotopic (exact) mass is 233 g/mol. The summed E-state index contributed by atoms with van der Waals surface area (Å²) in [4.78, 5) is 11.3. The Hall–Kier alpha value is -0.240. The molecule has 0 aliphatic carbocycles. The molecule has 0 aromatic carbocycles. The first-order valence-corrected chi connectivity index (χ1v) is 6.51. The SMILES string of the molecule is CCCCCCC(=O)NCCCC(C)Cl. The van der Waals surface area contributed by atoms with Crippen molar-refractivity contribution in [1.82, 2.24) is 5.32 Å². The third-order valence-electron chi connectivity index (χ3n) is 2.36. The maximum atomic E-state index is 11.3. The van der Waals surface area contributed by atoms with Crippen molar-refractivity contribution in [2.45, 2.75) is 64.2 Å². The Labute approximate surface area is 98.8 Å². The van der Waals surface area contributed by atoms with E-state index in [2.05, 4.69) is 12.2 Å². The molecule has 3 heteroatoms. The number of carbonyl (C=O) groups is 1. The number of rotatable bonds is 9. The fourth-order valence-corrected chi connectivity index (χ4v) is 1.57. The molecule has 0 fully saturated rings. The Morgan fingerprint density at radius 2 is 2.00 bits per heavy atom. The number of alkyl halides is 1. The van der Waals surface area contributed by atoms with E-state index in [1.165, 1.54) is 19.3 Å². The molecule has 0 bridgehead atoms. The molecule has 0 radical (unpaired) electrons. The van der Waals surface area contributed by atoms with Gasteiger partial charge in [-0.25, -0.2) is 0 Å². The molecule has 0 aromatic rings. The highest BCUT2D eigenvalue weighted by Crippen LogP contribution is 2.03. The Morgan fingerprint density at radius 3 is 2.60 bits per heavy atom. The lowest BCUT2D eigenvalue weighted by Gasteiger charge is -2.05. The van der Waals surface area contributed by atoms with Gasteiger partial charge in [0.2, 0.25) is 5.91 Å². The molecule has 15 heavy (non-hydrogen) atoms. The van der Waals surface area contributed by atoms with Crippen LogP contribution in [0.1, 0.15) is 58.8 Å². The fourth-order valence-electron chi connectivity index (χ4n) is 1.41. The summed E-state index contributed by atoms with van der Waals surface area (Å²) in [6.07, 6.45) is 7.26. The summed E-state index contributed by atoms with van der Waals surface area (Å²) < 4.78 is 0. The zero-order valence-electron chi connectivity index (χ0n) is 10.0. The Balaban J connectivity index is 3.19. The van der Waals surface area contributed by atoms with E-state index < -0.39 is 0 Å². The first kappa shape index (κ1) is 14.8. The van der Waals surface area contributed by atoms with Gasteiger partial charge in [0, 0.05) is 18.3 Å². The number of unbranched alkanes of at least 4 members (excludes halogenated alkanes) is 3. The van der Waals surface area contributed by atoms with Crippen LogP contribution in [0.2, 0.25) is 0 Å². The molecule has 1 atom stereocenters. The maximum Gasteiger partial charge on any atom is 0.219 e. The number of hydrogen-bond donors (Lipinski definition) is 1. The van der Waals surface area contributed by atoms with Crippen molar-refractivity contribution in [2.75, 3.05) is 6.54 Å². The number of hydrogen-bond acceptors (Lipinski definition) is 1. The summed E-state index contributed by atoms with van der Waals surface area (Å²) in [6.45, 7) is 4.92. The maximum absolute atomic E-state index is 11.3. The second-order valence-electron chi connectivity index (χ2n) is 4.08. The number of amides is 1. The molecule has 0 saturated heterocycles. The lowest BCUT2D eigenvalue weighted by atomic mass is 10.1. The van der Waals surface area contributed by atoms with Crippen molar-refractivity contribution in [2.24, 2.45) is 0 Å². The zero-order chi connectivity index (χ0) is 11.5. The Morgan fingerprint density at radius 1 is 1.27 bits per heavy atom. The largest absolute Gasteiger partial charge is 0.356 e. The minimum Gasteiger partial charge on any atom is -0.356 e. The summed E-state index contributed by atoms with van der Waals surface area (Å²) in [7, 11) is 0. The molecule has 1 unspecified atom stereocenters. The van der Waals surface area contributed by atoms with Crippen LogP contribution in [0.5, 0.6) is 0 Å². The average Bonchev–Trinajstić information content (AvgIpc) is 2.19. The summed E-state index contributed by atoms with van der Waals surface area (Å²) in [5.41, 5.74) is 0. The molecule has 0 aliphatic rings. The first-order valence-electron chi connectivity index (χ1n) is 6.07. The first-order chi connectivity index (χ1) is 7.16. The quantitative estimate of drug-likeness (QED) is 0.480. The highest BCUT2D eigenvalue weighted by molar-refractivity contribution is 6.20. The normalized spacial score (nSPS) is 12.5. The predicted octanol–water partition coefficient (Wildman–Crippen LogP) is 3.48. The molecular formula is C12H24ClNO. The van der Waals surface area contributed by atoms with Gasteiger partial charge >= 0.3 is 0 Å². The van der Waals surface area contributed by atoms with Crippen molar-refractivity contribution in [3.63, 3.8) is 0 Å². The van der Waals surface area contributed by atoms with Gasteiger partial charge in [0.05, 0.1) is 0 Å². The predicted molar refractivity (Wildman–Crippen MR) is 66.3 cm³/mol. The van der Waals surface area contributed by atoms with Crippen molar-refractivity contribution in [3.05, 3.63) is 0 Å². The minimum absolute atomic E-state index is 0.188. The molecule has 2 nitrogen and oxygen atoms in total. The molecule has 90 valence electrons. The third kappa shape index (κ3) is 11.7. The van der Waals surface area contributed by atoms with E-state index in [4.69, 9.17) is 11.6 Å². The van der Waals surface area contributed by atoms with Crippen LogP contribution in [0.15, 0.2) is 0 Å². The molecule has 1 amide bonds. The van der Waals surface area contributed by atoms with Gasteiger partial charge in [-0.05, 0) is 26.2 Å². The van der Waals surface area contributed by atoms with Crippen LogP contribution >= 0.6 is 11.6 Å². The number of carbonyl (C=O) groups excluding carboxylic acids is 1. The molecule has 0 aliphatic heterocycles. The van der Waals surface area contributed by atoms with Crippen LogP contribution in [0.25, 0.3) is 0 Å². The topological polar surface area (TPSA) is 29.1 Å². The van der Waals surface area contributed by atoms with Crippen molar-refractivity contribution < 1.29 is 4.79 Å². The Kier molecular flexibility index (Phi) is 10.1. The van der Waals surface area contributed by atoms with E-state index in [0.29, 0.717) is 6.42 Å². The van der Waals surface area contributed by atoms with E-state index in [0.717, 1.165) is 25.8 Å². The minimum atomic E-state index is 0.188. The Bertz CT molecular complexity index is 160. The molecule has 0 heterocycles. The summed E-state index contributed by atoms with van der Waals surface area (Å²) in [5.74, 6) is 0.188. The van der Waals surface area contributed by atoms with Gasteiger partial charge in [-0.15, -0.1) is 11.6 Å². The van der Waals surface area contributed by atoms with Gasteiger partial charge in [0.25, 0.3) is 0 Å². The average molecular weight is 234 g/mol. The number of nitrogens with one attached hydrogen (secondary N) is 1. The van der Waals surface area contributed by atoms with Gasteiger partial charge in [0.15, 0.2) is 0 Å². The summed E-state index contributed by atoms with van der Waals surface area (Å²) in [5, 5.41) is 3.13. The van der Waals surface area contributed by atoms with Gasteiger partial charge in [-0.2, -0.15) is 0 Å². The lowest BCUT2D eigenvalue weighted by Crippen LogP contribution is -2.24. The second kappa shape index (κ2) is 10.3. The highest BCUT2D eigenvalue weighted by Gasteiger charge is 2.01. The molecule has 0 saturated carbocycles. The summed E-state index contributed by atoms with van der Waals surface area (Å²) >= 11 is 5.80. The lowest BCUT2D eigenvalue weighted by molar-refractivity contribution is -0.121.